The Kier molecular flexibility index (Phi) is 6.51. The van der Waals surface area contributed by atoms with Crippen LogP contribution in [0.25, 0.3) is 0 Å². The quantitative estimate of drug-likeness (QED) is 0.697. The van der Waals surface area contributed by atoms with Crippen molar-refractivity contribution in [2.75, 3.05) is 25.0 Å². The molecule has 1 fully saturated rings. The van der Waals surface area contributed by atoms with Gasteiger partial charge in [-0.05, 0) is 56.2 Å². The molecule has 158 valence electrons. The number of hydrogen-bond donors (Lipinski definition) is 2. The van der Waals surface area contributed by atoms with E-state index in [2.05, 4.69) is 40.1 Å². The molecule has 2 aliphatic heterocycles. The Balaban J connectivity index is 1.52. The van der Waals surface area contributed by atoms with Gasteiger partial charge in [0.15, 0.2) is 5.96 Å². The topological polar surface area (TPSA) is 91.0 Å². The summed E-state index contributed by atoms with van der Waals surface area (Å²) in [6, 6.07) is 7.45. The molecule has 1 aromatic rings. The number of likely N-dealkylation sites (tertiary alicyclic amines) is 1. The number of nitrogens with one attached hydrogen (secondary N) is 1. The lowest BCUT2D eigenvalue weighted by Gasteiger charge is -2.34. The molecule has 1 aromatic carbocycles. The normalized spacial score (nSPS) is 22.9. The van der Waals surface area contributed by atoms with E-state index in [1.54, 1.807) is 4.90 Å². The smallest absolute Gasteiger partial charge is 0.321 e. The third kappa shape index (κ3) is 5.10. The number of carbonyl (C=O) groups excluding carboxylic acids is 2. The molecule has 2 aliphatic rings. The molecular formula is C21H30BrN5O2. The number of aliphatic imine (C=N–C) groups is 1. The lowest BCUT2D eigenvalue weighted by molar-refractivity contribution is -0.131. The van der Waals surface area contributed by atoms with Crippen molar-refractivity contribution in [1.29, 1.82) is 0 Å². The van der Waals surface area contributed by atoms with Gasteiger partial charge in [-0.2, -0.15) is 0 Å². The number of amides is 3. The summed E-state index contributed by atoms with van der Waals surface area (Å²) in [4.78, 5) is 33.4. The van der Waals surface area contributed by atoms with Crippen LogP contribution in [0.4, 0.5) is 10.5 Å². The molecule has 0 bridgehead atoms. The van der Waals surface area contributed by atoms with Gasteiger partial charge in [-0.3, -0.25) is 9.69 Å². The Morgan fingerprint density at radius 2 is 2.07 bits per heavy atom. The minimum atomic E-state index is -0.747. The number of halogens is 1. The van der Waals surface area contributed by atoms with Gasteiger partial charge in [0.2, 0.25) is 0 Å². The van der Waals surface area contributed by atoms with Gasteiger partial charge in [0, 0.05) is 29.8 Å². The number of guanidine groups is 1. The van der Waals surface area contributed by atoms with Crippen molar-refractivity contribution in [3.05, 3.63) is 28.7 Å². The first-order valence-electron chi connectivity index (χ1n) is 10.2. The average Bonchev–Trinajstić information content (AvgIpc) is 2.84. The maximum Gasteiger partial charge on any atom is 0.321 e. The monoisotopic (exact) mass is 463 g/mol. The fraction of sp³-hybridized carbons (Fsp3) is 0.571. The first-order valence-corrected chi connectivity index (χ1v) is 11.0. The second-order valence-electron chi connectivity index (χ2n) is 8.63. The van der Waals surface area contributed by atoms with Crippen molar-refractivity contribution in [1.82, 2.24) is 9.80 Å². The number of nitrogens with two attached hydrogens (primary N) is 1. The number of rotatable bonds is 5. The second kappa shape index (κ2) is 8.73. The molecule has 29 heavy (non-hydrogen) atoms. The fourth-order valence-corrected chi connectivity index (χ4v) is 4.60. The Labute approximate surface area is 180 Å². The SMILES string of the molecule is CC(C)CC1(C)N=C(N)N(CC2CCN(C(=O)Nc3cccc(Br)c3)CC2)C1=O. The zero-order chi connectivity index (χ0) is 21.2. The summed E-state index contributed by atoms with van der Waals surface area (Å²) in [5.41, 5.74) is 6.11. The molecule has 0 spiro atoms. The lowest BCUT2D eigenvalue weighted by Crippen LogP contribution is -2.48. The summed E-state index contributed by atoms with van der Waals surface area (Å²) in [6.45, 7) is 7.93. The van der Waals surface area contributed by atoms with Crippen LogP contribution in [0.2, 0.25) is 0 Å². The van der Waals surface area contributed by atoms with Crippen LogP contribution >= 0.6 is 15.9 Å². The summed E-state index contributed by atoms with van der Waals surface area (Å²) in [5, 5.41) is 2.94. The summed E-state index contributed by atoms with van der Waals surface area (Å²) >= 11 is 3.41. The Bertz CT molecular complexity index is 804. The highest BCUT2D eigenvalue weighted by Crippen LogP contribution is 2.30. The molecule has 7 nitrogen and oxygen atoms in total. The van der Waals surface area contributed by atoms with E-state index in [-0.39, 0.29) is 11.9 Å². The minimum absolute atomic E-state index is 0.00136. The van der Waals surface area contributed by atoms with Crippen LogP contribution in [0.5, 0.6) is 0 Å². The molecular weight excluding hydrogens is 434 g/mol. The molecule has 3 N–H and O–H groups in total. The number of anilines is 1. The van der Waals surface area contributed by atoms with E-state index in [0.29, 0.717) is 43.9 Å². The number of benzene rings is 1. The molecule has 0 saturated carbocycles. The first-order chi connectivity index (χ1) is 13.7. The van der Waals surface area contributed by atoms with Crippen molar-refractivity contribution in [2.24, 2.45) is 22.6 Å². The Morgan fingerprint density at radius 1 is 1.38 bits per heavy atom. The number of urea groups is 1. The third-order valence-electron chi connectivity index (χ3n) is 5.57. The highest BCUT2D eigenvalue weighted by atomic mass is 79.9. The lowest BCUT2D eigenvalue weighted by atomic mass is 9.90. The van der Waals surface area contributed by atoms with E-state index in [9.17, 15) is 9.59 Å². The maximum atomic E-state index is 12.9. The van der Waals surface area contributed by atoms with E-state index < -0.39 is 5.54 Å². The molecule has 2 heterocycles. The summed E-state index contributed by atoms with van der Waals surface area (Å²) in [6.07, 6.45) is 2.37. The molecule has 1 saturated heterocycles. The Hall–Kier alpha value is -2.09. The predicted molar refractivity (Wildman–Crippen MR) is 119 cm³/mol. The highest BCUT2D eigenvalue weighted by Gasteiger charge is 2.44. The van der Waals surface area contributed by atoms with Crippen LogP contribution in [0, 0.1) is 11.8 Å². The van der Waals surface area contributed by atoms with Crippen LogP contribution in [0.15, 0.2) is 33.7 Å². The molecule has 1 unspecified atom stereocenters. The van der Waals surface area contributed by atoms with Crippen LogP contribution in [0.1, 0.15) is 40.0 Å². The molecule has 3 amide bonds. The van der Waals surface area contributed by atoms with Crippen molar-refractivity contribution in [2.45, 2.75) is 45.6 Å². The van der Waals surface area contributed by atoms with Gasteiger partial charge in [-0.25, -0.2) is 9.79 Å². The van der Waals surface area contributed by atoms with Crippen LogP contribution in [-0.4, -0.2) is 52.9 Å². The minimum Gasteiger partial charge on any atom is -0.369 e. The molecule has 1 atom stereocenters. The fourth-order valence-electron chi connectivity index (χ4n) is 4.21. The molecule has 0 aliphatic carbocycles. The van der Waals surface area contributed by atoms with Gasteiger partial charge in [0.1, 0.15) is 5.54 Å². The van der Waals surface area contributed by atoms with Crippen LogP contribution < -0.4 is 11.1 Å². The van der Waals surface area contributed by atoms with Gasteiger partial charge in [-0.1, -0.05) is 35.8 Å². The highest BCUT2D eigenvalue weighted by molar-refractivity contribution is 9.10. The van der Waals surface area contributed by atoms with Gasteiger partial charge >= 0.3 is 6.03 Å². The van der Waals surface area contributed by atoms with Crippen LogP contribution in [-0.2, 0) is 4.79 Å². The van der Waals surface area contributed by atoms with E-state index in [1.807, 2.05) is 36.1 Å². The van der Waals surface area contributed by atoms with Gasteiger partial charge < -0.3 is 16.0 Å². The van der Waals surface area contributed by atoms with Crippen molar-refractivity contribution < 1.29 is 9.59 Å². The van der Waals surface area contributed by atoms with Crippen molar-refractivity contribution >= 4 is 39.5 Å². The summed E-state index contributed by atoms with van der Waals surface area (Å²) < 4.78 is 0.924. The standard InChI is InChI=1S/C21H30BrN5O2/c1-14(2)12-21(3)18(28)27(19(23)25-21)13-15-7-9-26(10-8-15)20(29)24-17-6-4-5-16(22)11-17/h4-6,11,14-15H,7-10,12-13H2,1-3H3,(H2,23,25)(H,24,29). The van der Waals surface area contributed by atoms with Gasteiger partial charge in [-0.15, -0.1) is 0 Å². The predicted octanol–water partition coefficient (Wildman–Crippen LogP) is 3.65. The first kappa shape index (κ1) is 21.6. The van der Waals surface area contributed by atoms with Crippen LogP contribution in [0.3, 0.4) is 0 Å². The molecule has 3 rings (SSSR count). The summed E-state index contributed by atoms with van der Waals surface area (Å²) in [7, 11) is 0. The van der Waals surface area contributed by atoms with Crippen molar-refractivity contribution in [3.8, 4) is 0 Å². The zero-order valence-corrected chi connectivity index (χ0v) is 18.9. The van der Waals surface area contributed by atoms with E-state index in [4.69, 9.17) is 5.73 Å². The summed E-state index contributed by atoms with van der Waals surface area (Å²) in [5.74, 6) is 1.00. The molecule has 8 heteroatoms. The largest absolute Gasteiger partial charge is 0.369 e. The second-order valence-corrected chi connectivity index (χ2v) is 9.54. The van der Waals surface area contributed by atoms with Gasteiger partial charge in [0.25, 0.3) is 5.91 Å². The molecule has 0 aromatic heterocycles. The molecule has 0 radical (unpaired) electrons. The van der Waals surface area contributed by atoms with E-state index in [1.165, 1.54) is 0 Å². The van der Waals surface area contributed by atoms with E-state index in [0.717, 1.165) is 23.0 Å². The number of hydrogen-bond acceptors (Lipinski definition) is 4. The number of carbonyl (C=O) groups is 2. The number of nitrogens with zero attached hydrogens (tertiary/aromatic N) is 3. The zero-order valence-electron chi connectivity index (χ0n) is 17.3. The average molecular weight is 464 g/mol. The Morgan fingerprint density at radius 3 is 2.69 bits per heavy atom. The number of piperidine rings is 1. The third-order valence-corrected chi connectivity index (χ3v) is 6.06. The van der Waals surface area contributed by atoms with Crippen molar-refractivity contribution in [3.63, 3.8) is 0 Å². The van der Waals surface area contributed by atoms with Gasteiger partial charge in [0.05, 0.1) is 0 Å². The maximum absolute atomic E-state index is 12.9. The van der Waals surface area contributed by atoms with E-state index >= 15 is 0 Å².